The molecule has 4 rings (SSSR count). The van der Waals surface area contributed by atoms with Crippen molar-refractivity contribution in [3.8, 4) is 11.5 Å². The number of carbonyl (C=O) groups excluding carboxylic acids is 1. The summed E-state index contributed by atoms with van der Waals surface area (Å²) in [5.41, 5.74) is -0.105. The van der Waals surface area contributed by atoms with Gasteiger partial charge in [0, 0.05) is 10.9 Å². The molecule has 9 nitrogen and oxygen atoms in total. The van der Waals surface area contributed by atoms with E-state index in [0.717, 1.165) is 0 Å². The van der Waals surface area contributed by atoms with Crippen LogP contribution in [-0.2, 0) is 16.5 Å². The summed E-state index contributed by atoms with van der Waals surface area (Å²) in [5.74, 6) is -1.25. The summed E-state index contributed by atoms with van der Waals surface area (Å²) in [6.07, 6.45) is 0.447. The third-order valence-electron chi connectivity index (χ3n) is 5.68. The number of ether oxygens (including phenoxy) is 1. The summed E-state index contributed by atoms with van der Waals surface area (Å²) < 4.78 is 39.0. The van der Waals surface area contributed by atoms with Crippen LogP contribution in [0.1, 0.15) is 22.8 Å². The van der Waals surface area contributed by atoms with E-state index in [1.165, 1.54) is 25.3 Å². The van der Waals surface area contributed by atoms with Crippen molar-refractivity contribution < 1.29 is 57.2 Å². The Morgan fingerprint density at radius 1 is 1.03 bits per heavy atom. The molecule has 4 aromatic carbocycles. The maximum atomic E-state index is 13.5. The standard InChI is InChI=1S/C26H21Cl2N3O6S.Na/c1-3-14-11-19(28)24(21(12-14)38(34,35)36)31-30-22-16-8-5-4-7-15(16)13-17(25(22)32)26(33)29-23-18(27)9-6-10-20(23)37-2;/h4-13,32H,3H2,1-2H3,(H,29,33)(H,34,35,36);/q;+1/p-1. The SMILES string of the molecule is CCc1cc(Cl)c(N=Nc2c([O-])c(C(=O)Nc3c(Cl)cccc3OC)cc3ccccc23)c(S(=O)(=O)O)c1.[Na+]. The van der Waals surface area contributed by atoms with Crippen molar-refractivity contribution in [2.75, 3.05) is 12.4 Å². The number of amides is 1. The fourth-order valence-corrected chi connectivity index (χ4v) is 5.02. The van der Waals surface area contributed by atoms with Crippen molar-refractivity contribution in [3.63, 3.8) is 0 Å². The largest absolute Gasteiger partial charge is 1.00 e. The number of halogens is 2. The van der Waals surface area contributed by atoms with Crippen LogP contribution in [-0.4, -0.2) is 26.0 Å². The Morgan fingerprint density at radius 2 is 1.72 bits per heavy atom. The van der Waals surface area contributed by atoms with Gasteiger partial charge in [-0.2, -0.15) is 13.5 Å². The Balaban J connectivity index is 0.00000420. The number of aryl methyl sites for hydroxylation is 1. The van der Waals surface area contributed by atoms with E-state index in [1.807, 2.05) is 0 Å². The number of para-hydroxylation sites is 1. The molecule has 4 aromatic rings. The van der Waals surface area contributed by atoms with Gasteiger partial charge in [0.2, 0.25) is 0 Å². The van der Waals surface area contributed by atoms with E-state index in [1.54, 1.807) is 49.4 Å². The monoisotopic (exact) mass is 595 g/mol. The summed E-state index contributed by atoms with van der Waals surface area (Å²) in [7, 11) is -3.31. The number of nitrogens with one attached hydrogen (secondary N) is 1. The molecule has 0 radical (unpaired) electrons. The molecule has 0 aromatic heterocycles. The summed E-state index contributed by atoms with van der Waals surface area (Å²) in [6, 6.07) is 15.6. The van der Waals surface area contributed by atoms with Crippen molar-refractivity contribution in [1.82, 2.24) is 0 Å². The van der Waals surface area contributed by atoms with Crippen molar-refractivity contribution in [2.24, 2.45) is 10.2 Å². The van der Waals surface area contributed by atoms with Gasteiger partial charge in [0.15, 0.2) is 0 Å². The quantitative estimate of drug-likeness (QED) is 0.189. The van der Waals surface area contributed by atoms with Gasteiger partial charge in [-0.1, -0.05) is 66.2 Å². The molecule has 196 valence electrons. The van der Waals surface area contributed by atoms with E-state index < -0.39 is 26.7 Å². The maximum Gasteiger partial charge on any atom is 1.00 e. The number of azo groups is 1. The molecule has 0 atom stereocenters. The minimum Gasteiger partial charge on any atom is -0.870 e. The first kappa shape index (κ1) is 30.8. The van der Waals surface area contributed by atoms with Gasteiger partial charge in [-0.15, -0.1) is 5.11 Å². The van der Waals surface area contributed by atoms with Crippen LogP contribution < -0.4 is 44.7 Å². The molecule has 0 saturated heterocycles. The van der Waals surface area contributed by atoms with Gasteiger partial charge >= 0.3 is 29.6 Å². The molecule has 0 aliphatic heterocycles. The van der Waals surface area contributed by atoms with Gasteiger partial charge < -0.3 is 15.2 Å². The average molecular weight is 596 g/mol. The van der Waals surface area contributed by atoms with E-state index in [2.05, 4.69) is 15.5 Å². The Morgan fingerprint density at radius 3 is 2.38 bits per heavy atom. The molecular formula is C26H20Cl2N3NaO6S. The molecule has 0 heterocycles. The molecule has 0 saturated carbocycles. The molecule has 39 heavy (non-hydrogen) atoms. The summed E-state index contributed by atoms with van der Waals surface area (Å²) >= 11 is 12.5. The van der Waals surface area contributed by atoms with Crippen molar-refractivity contribution in [2.45, 2.75) is 18.2 Å². The Hall–Kier alpha value is -2.70. The van der Waals surface area contributed by atoms with Gasteiger partial charge in [0.05, 0.1) is 22.8 Å². The number of carbonyl (C=O) groups is 1. The Kier molecular flexibility index (Phi) is 10.0. The predicted molar refractivity (Wildman–Crippen MR) is 144 cm³/mol. The molecule has 1 amide bonds. The van der Waals surface area contributed by atoms with Crippen LogP contribution in [0.25, 0.3) is 10.8 Å². The zero-order valence-corrected chi connectivity index (χ0v) is 25.4. The van der Waals surface area contributed by atoms with E-state index in [9.17, 15) is 22.9 Å². The maximum absolute atomic E-state index is 13.5. The summed E-state index contributed by atoms with van der Waals surface area (Å²) in [4.78, 5) is 12.7. The van der Waals surface area contributed by atoms with Crippen LogP contribution in [0, 0.1) is 0 Å². The normalized spacial score (nSPS) is 11.4. The van der Waals surface area contributed by atoms with E-state index in [4.69, 9.17) is 27.9 Å². The van der Waals surface area contributed by atoms with Crippen LogP contribution >= 0.6 is 23.2 Å². The molecular weight excluding hydrogens is 576 g/mol. The number of hydrogen-bond acceptors (Lipinski definition) is 7. The third-order valence-corrected chi connectivity index (χ3v) is 7.15. The van der Waals surface area contributed by atoms with Gasteiger partial charge in [-0.3, -0.25) is 9.35 Å². The molecule has 0 bridgehead atoms. The van der Waals surface area contributed by atoms with Crippen molar-refractivity contribution >= 4 is 67.1 Å². The van der Waals surface area contributed by atoms with Crippen LogP contribution in [0.5, 0.6) is 11.5 Å². The van der Waals surface area contributed by atoms with E-state index in [0.29, 0.717) is 28.5 Å². The zero-order valence-electron chi connectivity index (χ0n) is 21.0. The number of anilines is 1. The van der Waals surface area contributed by atoms with E-state index >= 15 is 0 Å². The number of benzene rings is 4. The first-order chi connectivity index (χ1) is 18.0. The van der Waals surface area contributed by atoms with Crippen LogP contribution in [0.4, 0.5) is 17.1 Å². The van der Waals surface area contributed by atoms with Gasteiger partial charge in [0.25, 0.3) is 16.0 Å². The number of nitrogens with zero attached hydrogens (tertiary/aromatic N) is 2. The first-order valence-corrected chi connectivity index (χ1v) is 13.3. The summed E-state index contributed by atoms with van der Waals surface area (Å²) in [5, 5.41) is 25.0. The molecule has 0 aliphatic rings. The van der Waals surface area contributed by atoms with E-state index in [-0.39, 0.29) is 62.2 Å². The fraction of sp³-hybridized carbons (Fsp3) is 0.115. The average Bonchev–Trinajstić information content (AvgIpc) is 2.88. The van der Waals surface area contributed by atoms with Gasteiger partial charge in [-0.05, 0) is 47.7 Å². The first-order valence-electron chi connectivity index (χ1n) is 11.1. The fourth-order valence-electron chi connectivity index (χ4n) is 3.78. The predicted octanol–water partition coefficient (Wildman–Crippen LogP) is 3.71. The number of hydrogen-bond donors (Lipinski definition) is 2. The zero-order chi connectivity index (χ0) is 27.6. The second kappa shape index (κ2) is 12.6. The molecule has 13 heteroatoms. The van der Waals surface area contributed by atoms with Crippen molar-refractivity contribution in [3.05, 3.63) is 81.8 Å². The van der Waals surface area contributed by atoms with Crippen LogP contribution in [0.3, 0.4) is 0 Å². The third kappa shape index (κ3) is 6.55. The second-order valence-corrected chi connectivity index (χ2v) is 10.3. The summed E-state index contributed by atoms with van der Waals surface area (Å²) in [6.45, 7) is 1.78. The second-order valence-electron chi connectivity index (χ2n) is 8.05. The van der Waals surface area contributed by atoms with Crippen LogP contribution in [0.15, 0.2) is 75.8 Å². The molecule has 0 aliphatic carbocycles. The Bertz CT molecular complexity index is 1710. The minimum absolute atomic E-state index is 0. The number of fused-ring (bicyclic) bond motifs is 1. The minimum atomic E-state index is -4.72. The molecule has 0 fully saturated rings. The molecule has 2 N–H and O–H groups in total. The molecule has 0 unspecified atom stereocenters. The smallest absolute Gasteiger partial charge is 0.870 e. The molecule has 0 spiro atoms. The van der Waals surface area contributed by atoms with Crippen LogP contribution in [0.2, 0.25) is 10.0 Å². The topological polar surface area (TPSA) is 140 Å². The van der Waals surface area contributed by atoms with Gasteiger partial charge in [-0.25, -0.2) is 0 Å². The Labute approximate surface area is 256 Å². The number of methoxy groups -OCH3 is 1. The van der Waals surface area contributed by atoms with Gasteiger partial charge in [0.1, 0.15) is 22.0 Å². The van der Waals surface area contributed by atoms with Crippen molar-refractivity contribution in [1.29, 1.82) is 0 Å². The number of rotatable bonds is 7.